The third-order valence-electron chi connectivity index (χ3n) is 2.75. The second-order valence-corrected chi connectivity index (χ2v) is 5.18. The van der Waals surface area contributed by atoms with Crippen molar-refractivity contribution in [2.75, 3.05) is 6.54 Å². The Morgan fingerprint density at radius 2 is 2.18 bits per heavy atom. The Bertz CT molecular complexity index is 381. The first-order valence-electron chi connectivity index (χ1n) is 5.80. The molecule has 0 spiro atoms. The minimum Gasteiger partial charge on any atom is -0.349 e. The average Bonchev–Trinajstić information content (AvgIpc) is 2.29. The van der Waals surface area contributed by atoms with E-state index in [0.717, 1.165) is 16.5 Å². The predicted octanol–water partition coefficient (Wildman–Crippen LogP) is 2.61. The fraction of sp³-hybridized carbons (Fsp3) is 0.462. The van der Waals surface area contributed by atoms with E-state index in [9.17, 15) is 4.79 Å². The van der Waals surface area contributed by atoms with Crippen LogP contribution in [0.2, 0.25) is 0 Å². The summed E-state index contributed by atoms with van der Waals surface area (Å²) in [5.41, 5.74) is 6.53. The van der Waals surface area contributed by atoms with Crippen LogP contribution in [0.1, 0.15) is 31.9 Å². The number of hydrogen-bond acceptors (Lipinski definition) is 2. The van der Waals surface area contributed by atoms with Gasteiger partial charge in [0, 0.05) is 10.4 Å². The molecule has 1 rings (SSSR count). The summed E-state index contributed by atoms with van der Waals surface area (Å²) in [7, 11) is 0. The standard InChI is InChI=1S/C13H19BrN2O/c1-9(6-7-15)13(17)16-10(2)11-4-3-5-12(14)8-11/h3-5,8-10H,6-7,15H2,1-2H3,(H,16,17). The van der Waals surface area contributed by atoms with Crippen LogP contribution in [0.5, 0.6) is 0 Å². The van der Waals surface area contributed by atoms with E-state index < -0.39 is 0 Å². The van der Waals surface area contributed by atoms with Gasteiger partial charge in [-0.25, -0.2) is 0 Å². The van der Waals surface area contributed by atoms with Crippen molar-refractivity contribution in [3.63, 3.8) is 0 Å². The topological polar surface area (TPSA) is 55.1 Å². The van der Waals surface area contributed by atoms with Gasteiger partial charge in [0.2, 0.25) is 5.91 Å². The van der Waals surface area contributed by atoms with Crippen molar-refractivity contribution in [2.24, 2.45) is 11.7 Å². The Hall–Kier alpha value is -0.870. The van der Waals surface area contributed by atoms with E-state index in [0.29, 0.717) is 6.54 Å². The minimum atomic E-state index is -0.0328. The molecule has 0 aliphatic carbocycles. The molecule has 2 atom stereocenters. The molecule has 0 fully saturated rings. The summed E-state index contributed by atoms with van der Waals surface area (Å²) in [6, 6.07) is 7.96. The van der Waals surface area contributed by atoms with Crippen LogP contribution in [0, 0.1) is 5.92 Å². The summed E-state index contributed by atoms with van der Waals surface area (Å²) < 4.78 is 1.02. The number of carbonyl (C=O) groups is 1. The van der Waals surface area contributed by atoms with Crippen molar-refractivity contribution in [2.45, 2.75) is 26.3 Å². The number of carbonyl (C=O) groups excluding carboxylic acids is 1. The largest absolute Gasteiger partial charge is 0.349 e. The Morgan fingerprint density at radius 3 is 2.76 bits per heavy atom. The van der Waals surface area contributed by atoms with Gasteiger partial charge in [0.05, 0.1) is 6.04 Å². The Labute approximate surface area is 111 Å². The molecule has 0 saturated heterocycles. The first kappa shape index (κ1) is 14.2. The molecule has 3 nitrogen and oxygen atoms in total. The number of amides is 1. The van der Waals surface area contributed by atoms with Crippen LogP contribution in [0.4, 0.5) is 0 Å². The number of halogens is 1. The smallest absolute Gasteiger partial charge is 0.223 e. The Balaban J connectivity index is 2.60. The average molecular weight is 299 g/mol. The zero-order valence-electron chi connectivity index (χ0n) is 10.2. The molecule has 0 aromatic heterocycles. The second kappa shape index (κ2) is 6.77. The molecule has 4 heteroatoms. The lowest BCUT2D eigenvalue weighted by Crippen LogP contribution is -2.32. The maximum absolute atomic E-state index is 11.8. The van der Waals surface area contributed by atoms with Crippen LogP contribution in [-0.4, -0.2) is 12.5 Å². The third kappa shape index (κ3) is 4.48. The van der Waals surface area contributed by atoms with Gasteiger partial charge in [-0.05, 0) is 37.6 Å². The highest BCUT2D eigenvalue weighted by atomic mass is 79.9. The van der Waals surface area contributed by atoms with Gasteiger partial charge in [-0.15, -0.1) is 0 Å². The lowest BCUT2D eigenvalue weighted by Gasteiger charge is -2.17. The second-order valence-electron chi connectivity index (χ2n) is 4.26. The van der Waals surface area contributed by atoms with Gasteiger partial charge in [-0.2, -0.15) is 0 Å². The lowest BCUT2D eigenvalue weighted by atomic mass is 10.0. The predicted molar refractivity (Wildman–Crippen MR) is 73.5 cm³/mol. The fourth-order valence-electron chi connectivity index (χ4n) is 1.60. The first-order valence-corrected chi connectivity index (χ1v) is 6.59. The normalized spacial score (nSPS) is 14.1. The highest BCUT2D eigenvalue weighted by molar-refractivity contribution is 9.10. The van der Waals surface area contributed by atoms with Crippen molar-refractivity contribution in [1.82, 2.24) is 5.32 Å². The van der Waals surface area contributed by atoms with Gasteiger partial charge in [-0.3, -0.25) is 4.79 Å². The Kier molecular flexibility index (Phi) is 5.65. The maximum atomic E-state index is 11.8. The van der Waals surface area contributed by atoms with Gasteiger partial charge in [0.1, 0.15) is 0 Å². The fourth-order valence-corrected chi connectivity index (χ4v) is 2.01. The monoisotopic (exact) mass is 298 g/mol. The molecular formula is C13H19BrN2O. The SMILES string of the molecule is CC(CCN)C(=O)NC(C)c1cccc(Br)c1. The summed E-state index contributed by atoms with van der Waals surface area (Å²) in [4.78, 5) is 11.8. The maximum Gasteiger partial charge on any atom is 0.223 e. The molecule has 94 valence electrons. The van der Waals surface area contributed by atoms with E-state index in [1.54, 1.807) is 0 Å². The van der Waals surface area contributed by atoms with Crippen LogP contribution in [0.15, 0.2) is 28.7 Å². The number of benzene rings is 1. The molecule has 0 aliphatic rings. The quantitative estimate of drug-likeness (QED) is 0.878. The van der Waals surface area contributed by atoms with Crippen LogP contribution >= 0.6 is 15.9 Å². The van der Waals surface area contributed by atoms with E-state index in [-0.39, 0.29) is 17.9 Å². The third-order valence-corrected chi connectivity index (χ3v) is 3.25. The minimum absolute atomic E-state index is 0.0141. The lowest BCUT2D eigenvalue weighted by molar-refractivity contribution is -0.125. The van der Waals surface area contributed by atoms with Crippen LogP contribution in [0.25, 0.3) is 0 Å². The van der Waals surface area contributed by atoms with E-state index in [4.69, 9.17) is 5.73 Å². The molecular weight excluding hydrogens is 280 g/mol. The molecule has 3 N–H and O–H groups in total. The van der Waals surface area contributed by atoms with E-state index in [2.05, 4.69) is 21.2 Å². The number of hydrogen-bond donors (Lipinski definition) is 2. The molecule has 1 aromatic rings. The van der Waals surface area contributed by atoms with Crippen LogP contribution < -0.4 is 11.1 Å². The molecule has 17 heavy (non-hydrogen) atoms. The van der Waals surface area contributed by atoms with Gasteiger partial charge in [-0.1, -0.05) is 35.0 Å². The molecule has 0 saturated carbocycles. The Morgan fingerprint density at radius 1 is 1.47 bits per heavy atom. The van der Waals surface area contributed by atoms with Crippen molar-refractivity contribution >= 4 is 21.8 Å². The molecule has 0 heterocycles. The highest BCUT2D eigenvalue weighted by Crippen LogP contribution is 2.18. The summed E-state index contributed by atoms with van der Waals surface area (Å²) in [5, 5.41) is 2.99. The van der Waals surface area contributed by atoms with Crippen LogP contribution in [-0.2, 0) is 4.79 Å². The summed E-state index contributed by atoms with van der Waals surface area (Å²) in [6.07, 6.45) is 0.719. The molecule has 1 aromatic carbocycles. The van der Waals surface area contributed by atoms with Crippen molar-refractivity contribution < 1.29 is 4.79 Å². The van der Waals surface area contributed by atoms with Gasteiger partial charge >= 0.3 is 0 Å². The molecule has 0 radical (unpaired) electrons. The molecule has 2 unspecified atom stereocenters. The van der Waals surface area contributed by atoms with E-state index in [1.807, 2.05) is 38.1 Å². The molecule has 0 aliphatic heterocycles. The zero-order valence-corrected chi connectivity index (χ0v) is 11.8. The van der Waals surface area contributed by atoms with E-state index in [1.165, 1.54) is 0 Å². The van der Waals surface area contributed by atoms with E-state index >= 15 is 0 Å². The van der Waals surface area contributed by atoms with Crippen molar-refractivity contribution in [1.29, 1.82) is 0 Å². The van der Waals surface area contributed by atoms with Crippen molar-refractivity contribution in [3.05, 3.63) is 34.3 Å². The molecule has 1 amide bonds. The zero-order chi connectivity index (χ0) is 12.8. The first-order chi connectivity index (χ1) is 8.04. The van der Waals surface area contributed by atoms with Crippen LogP contribution in [0.3, 0.4) is 0 Å². The van der Waals surface area contributed by atoms with Gasteiger partial charge in [0.25, 0.3) is 0 Å². The van der Waals surface area contributed by atoms with Crippen molar-refractivity contribution in [3.8, 4) is 0 Å². The summed E-state index contributed by atoms with van der Waals surface area (Å²) in [5.74, 6) is 0.0255. The van der Waals surface area contributed by atoms with Gasteiger partial charge < -0.3 is 11.1 Å². The summed E-state index contributed by atoms with van der Waals surface area (Å²) >= 11 is 3.42. The number of nitrogens with one attached hydrogen (secondary N) is 1. The van der Waals surface area contributed by atoms with Gasteiger partial charge in [0.15, 0.2) is 0 Å². The highest BCUT2D eigenvalue weighted by Gasteiger charge is 2.15. The number of nitrogens with two attached hydrogens (primary N) is 1. The summed E-state index contributed by atoms with van der Waals surface area (Å²) in [6.45, 7) is 4.42. The number of rotatable bonds is 5. The molecule has 0 bridgehead atoms.